The number of nitrogens with two attached hydrogens (primary N) is 1. The van der Waals surface area contributed by atoms with E-state index in [1.165, 1.54) is 0 Å². The molecule has 0 aromatic carbocycles. The Morgan fingerprint density at radius 2 is 2.29 bits per heavy atom. The smallest absolute Gasteiger partial charge is 0.227 e. The second kappa shape index (κ2) is 7.35. The third-order valence-corrected chi connectivity index (χ3v) is 4.34. The van der Waals surface area contributed by atoms with Crippen molar-refractivity contribution in [1.29, 1.82) is 0 Å². The Bertz CT molecular complexity index is 692. The van der Waals surface area contributed by atoms with E-state index in [9.17, 15) is 4.79 Å². The number of likely N-dealkylation sites (N-methyl/N-ethyl adjacent to an activating group) is 1. The summed E-state index contributed by atoms with van der Waals surface area (Å²) in [4.78, 5) is 29.1. The lowest BCUT2D eigenvalue weighted by atomic mass is 10.2. The molecular weight excluding hydrogens is 304 g/mol. The van der Waals surface area contributed by atoms with Gasteiger partial charge in [-0.15, -0.1) is 0 Å². The molecule has 1 aliphatic heterocycles. The number of pyridine rings is 1. The van der Waals surface area contributed by atoms with Crippen molar-refractivity contribution in [3.63, 3.8) is 0 Å². The first-order valence-corrected chi connectivity index (χ1v) is 8.06. The van der Waals surface area contributed by atoms with Crippen LogP contribution in [0.3, 0.4) is 0 Å². The highest BCUT2D eigenvalue weighted by Gasteiger charge is 2.29. The Labute approximate surface area is 141 Å². The van der Waals surface area contributed by atoms with E-state index in [0.29, 0.717) is 30.6 Å². The van der Waals surface area contributed by atoms with E-state index in [1.54, 1.807) is 24.7 Å². The molecule has 0 spiro atoms. The number of hydrogen-bond donors (Lipinski definition) is 1. The van der Waals surface area contributed by atoms with Crippen LogP contribution in [0.15, 0.2) is 36.8 Å². The number of hydrogen-bond acceptors (Lipinski definition) is 6. The first-order valence-electron chi connectivity index (χ1n) is 8.06. The number of nitrogen functional groups attached to an aromatic ring is 1. The van der Waals surface area contributed by atoms with Crippen LogP contribution < -0.4 is 5.73 Å². The van der Waals surface area contributed by atoms with Crippen molar-refractivity contribution in [3.05, 3.63) is 48.2 Å². The van der Waals surface area contributed by atoms with Gasteiger partial charge in [0.1, 0.15) is 11.6 Å². The standard InChI is InChI=1S/C17H22N6O/c1-22(12-16-20-7-4-15(18)21-16)14-5-8-23(11-14)17(24)9-13-3-2-6-19-10-13/h2-4,6-7,10,14H,5,8-9,11-12H2,1H3,(H2,18,20,21)/t14-/m0/s1. The number of carbonyl (C=O) groups excluding carboxylic acids is 1. The van der Waals surface area contributed by atoms with E-state index in [2.05, 4.69) is 19.9 Å². The van der Waals surface area contributed by atoms with Crippen LogP contribution in [0.25, 0.3) is 0 Å². The maximum absolute atomic E-state index is 12.4. The number of amides is 1. The molecule has 0 aliphatic carbocycles. The fraction of sp³-hybridized carbons (Fsp3) is 0.412. The molecule has 1 saturated heterocycles. The molecule has 0 bridgehead atoms. The molecule has 0 radical (unpaired) electrons. The normalized spacial score (nSPS) is 17.4. The van der Waals surface area contributed by atoms with Crippen molar-refractivity contribution in [2.24, 2.45) is 0 Å². The van der Waals surface area contributed by atoms with Crippen LogP contribution in [0, 0.1) is 0 Å². The van der Waals surface area contributed by atoms with Crippen LogP contribution in [-0.4, -0.2) is 56.8 Å². The molecule has 7 nitrogen and oxygen atoms in total. The quantitative estimate of drug-likeness (QED) is 0.871. The summed E-state index contributed by atoms with van der Waals surface area (Å²) in [5, 5.41) is 0. The predicted octanol–water partition coefficient (Wildman–Crippen LogP) is 0.729. The summed E-state index contributed by atoms with van der Waals surface area (Å²) < 4.78 is 0. The molecule has 1 amide bonds. The zero-order valence-electron chi connectivity index (χ0n) is 13.8. The average molecular weight is 326 g/mol. The molecule has 2 aromatic heterocycles. The SMILES string of the molecule is CN(Cc1nccc(N)n1)[C@H]1CCN(C(=O)Cc2cccnc2)C1. The third-order valence-electron chi connectivity index (χ3n) is 4.34. The van der Waals surface area contributed by atoms with E-state index < -0.39 is 0 Å². The molecule has 0 unspecified atom stereocenters. The molecule has 126 valence electrons. The first-order chi connectivity index (χ1) is 11.6. The van der Waals surface area contributed by atoms with E-state index in [-0.39, 0.29) is 5.91 Å². The van der Waals surface area contributed by atoms with Crippen molar-refractivity contribution in [2.75, 3.05) is 25.9 Å². The van der Waals surface area contributed by atoms with Crippen LogP contribution in [0.4, 0.5) is 5.82 Å². The van der Waals surface area contributed by atoms with E-state index in [1.807, 2.05) is 24.1 Å². The van der Waals surface area contributed by atoms with Gasteiger partial charge in [-0.2, -0.15) is 0 Å². The molecule has 7 heteroatoms. The Hall–Kier alpha value is -2.54. The summed E-state index contributed by atoms with van der Waals surface area (Å²) in [7, 11) is 2.03. The summed E-state index contributed by atoms with van der Waals surface area (Å²) in [5.74, 6) is 1.34. The maximum Gasteiger partial charge on any atom is 0.227 e. The van der Waals surface area contributed by atoms with Crippen molar-refractivity contribution < 1.29 is 4.79 Å². The van der Waals surface area contributed by atoms with Gasteiger partial charge in [-0.25, -0.2) is 9.97 Å². The Morgan fingerprint density at radius 1 is 1.42 bits per heavy atom. The minimum absolute atomic E-state index is 0.152. The van der Waals surface area contributed by atoms with Gasteiger partial charge < -0.3 is 10.6 Å². The molecule has 3 heterocycles. The number of likely N-dealkylation sites (tertiary alicyclic amines) is 1. The number of anilines is 1. The van der Waals surface area contributed by atoms with Crippen molar-refractivity contribution >= 4 is 11.7 Å². The van der Waals surface area contributed by atoms with Gasteiger partial charge in [0, 0.05) is 37.7 Å². The highest BCUT2D eigenvalue weighted by molar-refractivity contribution is 5.79. The molecule has 1 fully saturated rings. The van der Waals surface area contributed by atoms with Gasteiger partial charge >= 0.3 is 0 Å². The fourth-order valence-corrected chi connectivity index (χ4v) is 2.96. The van der Waals surface area contributed by atoms with Gasteiger partial charge in [0.15, 0.2) is 0 Å². The monoisotopic (exact) mass is 326 g/mol. The van der Waals surface area contributed by atoms with Crippen LogP contribution in [0.2, 0.25) is 0 Å². The molecule has 3 rings (SSSR count). The van der Waals surface area contributed by atoms with Crippen LogP contribution >= 0.6 is 0 Å². The molecular formula is C17H22N6O. The zero-order chi connectivity index (χ0) is 16.9. The average Bonchev–Trinajstić information content (AvgIpc) is 3.06. The van der Waals surface area contributed by atoms with E-state index in [4.69, 9.17) is 5.73 Å². The van der Waals surface area contributed by atoms with Crippen molar-refractivity contribution in [1.82, 2.24) is 24.8 Å². The second-order valence-electron chi connectivity index (χ2n) is 6.13. The van der Waals surface area contributed by atoms with Gasteiger partial charge in [0.2, 0.25) is 5.91 Å². The molecule has 2 aromatic rings. The molecule has 2 N–H and O–H groups in total. The van der Waals surface area contributed by atoms with Crippen LogP contribution in [0.1, 0.15) is 17.8 Å². The molecule has 1 atom stereocenters. The summed E-state index contributed by atoms with van der Waals surface area (Å²) in [5.41, 5.74) is 6.65. The first kappa shape index (κ1) is 16.3. The Morgan fingerprint density at radius 3 is 3.04 bits per heavy atom. The molecule has 1 aliphatic rings. The summed E-state index contributed by atoms with van der Waals surface area (Å²) in [6.07, 6.45) is 6.49. The predicted molar refractivity (Wildman–Crippen MR) is 90.8 cm³/mol. The third kappa shape index (κ3) is 4.05. The van der Waals surface area contributed by atoms with Crippen LogP contribution in [0.5, 0.6) is 0 Å². The number of rotatable bonds is 5. The molecule has 24 heavy (non-hydrogen) atoms. The van der Waals surface area contributed by atoms with Gasteiger partial charge in [-0.05, 0) is 31.2 Å². The van der Waals surface area contributed by atoms with Crippen molar-refractivity contribution in [2.45, 2.75) is 25.4 Å². The minimum Gasteiger partial charge on any atom is -0.384 e. The largest absolute Gasteiger partial charge is 0.384 e. The van der Waals surface area contributed by atoms with E-state index >= 15 is 0 Å². The van der Waals surface area contributed by atoms with Gasteiger partial charge in [0.25, 0.3) is 0 Å². The minimum atomic E-state index is 0.152. The fourth-order valence-electron chi connectivity index (χ4n) is 2.96. The van der Waals surface area contributed by atoms with Crippen LogP contribution in [-0.2, 0) is 17.8 Å². The number of carbonyl (C=O) groups is 1. The Kier molecular flexibility index (Phi) is 5.00. The topological polar surface area (TPSA) is 88.2 Å². The second-order valence-corrected chi connectivity index (χ2v) is 6.13. The lowest BCUT2D eigenvalue weighted by molar-refractivity contribution is -0.129. The molecule has 0 saturated carbocycles. The Balaban J connectivity index is 1.53. The van der Waals surface area contributed by atoms with Gasteiger partial charge in [-0.1, -0.05) is 6.07 Å². The summed E-state index contributed by atoms with van der Waals surface area (Å²) in [6, 6.07) is 5.78. The number of nitrogens with zero attached hydrogens (tertiary/aromatic N) is 5. The lowest BCUT2D eigenvalue weighted by Gasteiger charge is -2.24. The number of aromatic nitrogens is 3. The highest BCUT2D eigenvalue weighted by Crippen LogP contribution is 2.17. The van der Waals surface area contributed by atoms with Crippen molar-refractivity contribution in [3.8, 4) is 0 Å². The summed E-state index contributed by atoms with van der Waals surface area (Å²) >= 11 is 0. The zero-order valence-corrected chi connectivity index (χ0v) is 13.8. The van der Waals surface area contributed by atoms with Gasteiger partial charge in [0.05, 0.1) is 13.0 Å². The summed E-state index contributed by atoms with van der Waals surface area (Å²) in [6.45, 7) is 2.14. The maximum atomic E-state index is 12.4. The lowest BCUT2D eigenvalue weighted by Crippen LogP contribution is -2.37. The van der Waals surface area contributed by atoms with Gasteiger partial charge in [-0.3, -0.25) is 14.7 Å². The van der Waals surface area contributed by atoms with E-state index in [0.717, 1.165) is 25.1 Å². The highest BCUT2D eigenvalue weighted by atomic mass is 16.2.